The number of unbranched alkanes of at least 4 members (excludes halogenated alkanes) is 2. The van der Waals surface area contributed by atoms with Gasteiger partial charge < -0.3 is 9.47 Å². The first-order valence-electron chi connectivity index (χ1n) is 10.2. The van der Waals surface area contributed by atoms with Gasteiger partial charge in [-0.2, -0.15) is 8.42 Å². The second-order valence-corrected chi connectivity index (χ2v) is 9.02. The Bertz CT molecular complexity index is 691. The summed E-state index contributed by atoms with van der Waals surface area (Å²) in [5, 5.41) is -2.16. The topological polar surface area (TPSA) is 141 Å². The van der Waals surface area contributed by atoms with Gasteiger partial charge >= 0.3 is 41.5 Å². The van der Waals surface area contributed by atoms with Crippen molar-refractivity contribution >= 4 is 63.2 Å². The van der Waals surface area contributed by atoms with E-state index in [4.69, 9.17) is 9.47 Å². The Kier molecular flexibility index (Phi) is 17.5. The summed E-state index contributed by atoms with van der Waals surface area (Å²) in [6, 6.07) is 0. The van der Waals surface area contributed by atoms with E-state index in [0.717, 1.165) is 25.7 Å². The molecule has 0 saturated carbocycles. The average Bonchev–Trinajstić information content (AvgIpc) is 2.64. The molecule has 11 heteroatoms. The van der Waals surface area contributed by atoms with Crippen molar-refractivity contribution in [3.05, 3.63) is 0 Å². The SMILES string of the molecule is CCCCC(COC(=O)CC(C(=O)OCC(CCCC)C(C)=O)S(=O)(=O)O)C(C)=O.[NaH]. The third-order valence-electron chi connectivity index (χ3n) is 4.81. The van der Waals surface area contributed by atoms with Crippen LogP contribution in [0.15, 0.2) is 0 Å². The van der Waals surface area contributed by atoms with Gasteiger partial charge in [-0.1, -0.05) is 39.5 Å². The Morgan fingerprint density at radius 2 is 1.26 bits per heavy atom. The van der Waals surface area contributed by atoms with E-state index >= 15 is 0 Å². The molecular weight excluding hydrogens is 439 g/mol. The quantitative estimate of drug-likeness (QED) is 0.201. The van der Waals surface area contributed by atoms with Crippen LogP contribution in [0.3, 0.4) is 0 Å². The van der Waals surface area contributed by atoms with Crippen LogP contribution in [0.25, 0.3) is 0 Å². The fourth-order valence-corrected chi connectivity index (χ4v) is 3.36. The van der Waals surface area contributed by atoms with Gasteiger partial charge in [0.05, 0.1) is 18.3 Å². The Labute approximate surface area is 207 Å². The van der Waals surface area contributed by atoms with E-state index in [2.05, 4.69) is 0 Å². The van der Waals surface area contributed by atoms with E-state index in [-0.39, 0.29) is 54.3 Å². The van der Waals surface area contributed by atoms with Gasteiger partial charge in [0.2, 0.25) is 0 Å². The number of ether oxygens (including phenoxy) is 2. The molecule has 3 unspecified atom stereocenters. The molecule has 0 aliphatic heterocycles. The van der Waals surface area contributed by atoms with Crippen molar-refractivity contribution < 1.29 is 41.6 Å². The van der Waals surface area contributed by atoms with Gasteiger partial charge in [0, 0.05) is 0 Å². The van der Waals surface area contributed by atoms with Crippen molar-refractivity contribution in [3.63, 3.8) is 0 Å². The maximum atomic E-state index is 12.2. The van der Waals surface area contributed by atoms with Crippen molar-refractivity contribution in [2.24, 2.45) is 11.8 Å². The van der Waals surface area contributed by atoms with Crippen LogP contribution in [0.5, 0.6) is 0 Å². The number of ketones is 2. The van der Waals surface area contributed by atoms with Crippen LogP contribution in [-0.2, 0) is 38.8 Å². The predicted molar refractivity (Wildman–Crippen MR) is 116 cm³/mol. The summed E-state index contributed by atoms with van der Waals surface area (Å²) in [6.07, 6.45) is 3.22. The van der Waals surface area contributed by atoms with Gasteiger partial charge in [-0.25, -0.2) is 0 Å². The molecule has 31 heavy (non-hydrogen) atoms. The molecule has 0 aliphatic rings. The van der Waals surface area contributed by atoms with Crippen LogP contribution in [0, 0.1) is 11.8 Å². The number of hydrogen-bond donors (Lipinski definition) is 1. The van der Waals surface area contributed by atoms with Gasteiger partial charge in [-0.05, 0) is 26.7 Å². The summed E-state index contributed by atoms with van der Waals surface area (Å²) >= 11 is 0. The fraction of sp³-hybridized carbons (Fsp3) is 0.800. The van der Waals surface area contributed by atoms with E-state index in [0.29, 0.717) is 12.8 Å². The summed E-state index contributed by atoms with van der Waals surface area (Å²) in [4.78, 5) is 47.4. The van der Waals surface area contributed by atoms with E-state index in [9.17, 15) is 32.1 Å². The van der Waals surface area contributed by atoms with E-state index in [1.165, 1.54) is 13.8 Å². The van der Waals surface area contributed by atoms with Crippen LogP contribution >= 0.6 is 0 Å². The summed E-state index contributed by atoms with van der Waals surface area (Å²) in [5.74, 6) is -3.85. The zero-order valence-corrected chi connectivity index (χ0v) is 19.0. The second kappa shape index (κ2) is 16.8. The minimum atomic E-state index is -4.94. The Morgan fingerprint density at radius 3 is 1.61 bits per heavy atom. The van der Waals surface area contributed by atoms with Crippen molar-refractivity contribution in [1.82, 2.24) is 0 Å². The molecule has 3 atom stereocenters. The molecule has 0 bridgehead atoms. The number of Topliss-reactive ketones (excluding diaryl/α,β-unsaturated/α-hetero) is 2. The van der Waals surface area contributed by atoms with Crippen LogP contribution in [0.4, 0.5) is 0 Å². The molecule has 0 radical (unpaired) electrons. The van der Waals surface area contributed by atoms with Crippen LogP contribution in [-0.4, -0.2) is 84.5 Å². The minimum absolute atomic E-state index is 0. The van der Waals surface area contributed by atoms with E-state index in [1.807, 2.05) is 13.8 Å². The zero-order chi connectivity index (χ0) is 23.3. The molecular formula is C20H35NaO9S. The monoisotopic (exact) mass is 474 g/mol. The van der Waals surface area contributed by atoms with Gasteiger partial charge in [0.25, 0.3) is 10.1 Å². The second-order valence-electron chi connectivity index (χ2n) is 7.42. The molecule has 0 heterocycles. The molecule has 176 valence electrons. The molecule has 0 aromatic heterocycles. The van der Waals surface area contributed by atoms with E-state index < -0.39 is 45.6 Å². The Balaban J connectivity index is 0. The van der Waals surface area contributed by atoms with Gasteiger partial charge in [-0.3, -0.25) is 23.7 Å². The van der Waals surface area contributed by atoms with Gasteiger partial charge in [0.15, 0.2) is 5.25 Å². The number of carbonyl (C=O) groups is 4. The third kappa shape index (κ3) is 14.1. The summed E-state index contributed by atoms with van der Waals surface area (Å²) in [7, 11) is -4.94. The number of rotatable bonds is 16. The molecule has 0 amide bonds. The molecule has 0 fully saturated rings. The molecule has 1 N–H and O–H groups in total. The standard InChI is InChI=1S/C20H34O9S.Na.H/c1-5-7-9-16(14(3)21)12-28-19(23)11-18(30(25,26)27)20(24)29-13-17(15(4)22)10-8-6-2;;/h16-18H,5-13H2,1-4H3,(H,25,26,27);;. The van der Waals surface area contributed by atoms with Crippen LogP contribution < -0.4 is 0 Å². The molecule has 0 rings (SSSR count). The summed E-state index contributed by atoms with van der Waals surface area (Å²) in [6.45, 7) is 6.03. The molecule has 0 aromatic rings. The molecule has 0 aromatic carbocycles. The van der Waals surface area contributed by atoms with Crippen molar-refractivity contribution in [1.29, 1.82) is 0 Å². The maximum absolute atomic E-state index is 12.2. The third-order valence-corrected chi connectivity index (χ3v) is 5.89. The normalized spacial score (nSPS) is 14.0. The average molecular weight is 475 g/mol. The predicted octanol–water partition coefficient (Wildman–Crippen LogP) is 1.86. The van der Waals surface area contributed by atoms with Crippen LogP contribution in [0.1, 0.15) is 72.6 Å². The van der Waals surface area contributed by atoms with Crippen molar-refractivity contribution in [2.45, 2.75) is 77.9 Å². The molecule has 0 saturated heterocycles. The van der Waals surface area contributed by atoms with Crippen molar-refractivity contribution in [2.75, 3.05) is 13.2 Å². The first kappa shape index (κ1) is 32.4. The molecule has 0 spiro atoms. The Morgan fingerprint density at radius 1 is 0.839 bits per heavy atom. The molecule has 9 nitrogen and oxygen atoms in total. The van der Waals surface area contributed by atoms with Crippen molar-refractivity contribution in [3.8, 4) is 0 Å². The summed E-state index contributed by atoms with van der Waals surface area (Å²) < 4.78 is 42.3. The zero-order valence-electron chi connectivity index (χ0n) is 18.2. The fourth-order valence-electron chi connectivity index (χ4n) is 2.70. The number of hydrogen-bond acceptors (Lipinski definition) is 8. The number of carbonyl (C=O) groups excluding carboxylic acids is 4. The first-order chi connectivity index (χ1) is 13.9. The van der Waals surface area contributed by atoms with Gasteiger partial charge in [-0.15, -0.1) is 0 Å². The Hall–Kier alpha value is -0.810. The molecule has 0 aliphatic carbocycles. The van der Waals surface area contributed by atoms with E-state index in [1.54, 1.807) is 0 Å². The summed E-state index contributed by atoms with van der Waals surface area (Å²) in [5.41, 5.74) is 0. The number of esters is 2. The van der Waals surface area contributed by atoms with Gasteiger partial charge in [0.1, 0.15) is 24.8 Å². The van der Waals surface area contributed by atoms with Crippen LogP contribution in [0.2, 0.25) is 0 Å². The first-order valence-corrected chi connectivity index (χ1v) is 11.7.